The minimum Gasteiger partial charge on any atom is -0.486 e. The molecule has 1 amide bonds. The Morgan fingerprint density at radius 1 is 1.10 bits per heavy atom. The normalized spacial score (nSPS) is 12.3. The van der Waals surface area contributed by atoms with E-state index in [-0.39, 0.29) is 11.0 Å². The molecule has 0 fully saturated rings. The number of amides is 1. The predicted molar refractivity (Wildman–Crippen MR) is 118 cm³/mol. The zero-order chi connectivity index (χ0) is 21.1. The van der Waals surface area contributed by atoms with E-state index in [2.05, 4.69) is 20.8 Å². The Labute approximate surface area is 179 Å². The number of anilines is 1. The summed E-state index contributed by atoms with van der Waals surface area (Å²) in [5, 5.41) is 13.2. The van der Waals surface area contributed by atoms with Crippen LogP contribution in [0.15, 0.2) is 42.5 Å². The molecular weight excluding hydrogens is 400 g/mol. The van der Waals surface area contributed by atoms with Gasteiger partial charge in [0.1, 0.15) is 13.2 Å². The Balaban J connectivity index is 1.35. The van der Waals surface area contributed by atoms with E-state index in [0.717, 1.165) is 23.5 Å². The van der Waals surface area contributed by atoms with Crippen LogP contribution in [0.2, 0.25) is 0 Å². The number of thiocarbonyl (C=S) groups is 1. The molecule has 0 radical (unpaired) electrons. The molecule has 2 aromatic carbocycles. The first kappa shape index (κ1) is 19.9. The molecule has 154 valence electrons. The molecule has 3 N–H and O–H groups in total. The number of nitrogens with zero attached hydrogens (tertiary/aromatic N) is 1. The number of aromatic nitrogens is 2. The van der Waals surface area contributed by atoms with Crippen LogP contribution in [0.1, 0.15) is 32.9 Å². The molecule has 7 nitrogen and oxygen atoms in total. The van der Waals surface area contributed by atoms with Crippen LogP contribution in [0.25, 0.3) is 0 Å². The molecule has 3 aromatic rings. The van der Waals surface area contributed by atoms with E-state index in [1.165, 1.54) is 11.1 Å². The molecule has 1 aromatic heterocycles. The Morgan fingerprint density at radius 3 is 2.53 bits per heavy atom. The molecule has 0 bridgehead atoms. The van der Waals surface area contributed by atoms with Crippen LogP contribution >= 0.6 is 12.2 Å². The van der Waals surface area contributed by atoms with Gasteiger partial charge in [0.15, 0.2) is 16.6 Å². The quantitative estimate of drug-likeness (QED) is 0.558. The molecule has 0 spiro atoms. The largest absolute Gasteiger partial charge is 0.486 e. The summed E-state index contributed by atoms with van der Waals surface area (Å²) >= 11 is 5.28. The topological polar surface area (TPSA) is 88.3 Å². The highest BCUT2D eigenvalue weighted by atomic mass is 32.1. The van der Waals surface area contributed by atoms with E-state index in [9.17, 15) is 4.79 Å². The Morgan fingerprint density at radius 2 is 1.83 bits per heavy atom. The molecule has 1 aliphatic rings. The summed E-state index contributed by atoms with van der Waals surface area (Å²) in [7, 11) is 0. The molecule has 8 heteroatoms. The van der Waals surface area contributed by atoms with Gasteiger partial charge in [-0.25, -0.2) is 0 Å². The first-order valence-electron chi connectivity index (χ1n) is 9.61. The molecule has 0 atom stereocenters. The van der Waals surface area contributed by atoms with Crippen LogP contribution < -0.4 is 20.1 Å². The number of carbonyl (C=O) groups excluding carboxylic acids is 1. The highest BCUT2D eigenvalue weighted by molar-refractivity contribution is 7.80. The van der Waals surface area contributed by atoms with Gasteiger partial charge in [0.2, 0.25) is 0 Å². The van der Waals surface area contributed by atoms with E-state index < -0.39 is 0 Å². The van der Waals surface area contributed by atoms with Gasteiger partial charge in [0.05, 0.1) is 5.69 Å². The van der Waals surface area contributed by atoms with Crippen LogP contribution in [0, 0.1) is 13.8 Å². The summed E-state index contributed by atoms with van der Waals surface area (Å²) in [5.41, 5.74) is 5.71. The highest BCUT2D eigenvalue weighted by Gasteiger charge is 2.15. The number of hydrogen-bond donors (Lipinski definition) is 3. The van der Waals surface area contributed by atoms with Gasteiger partial charge in [-0.1, -0.05) is 12.1 Å². The third kappa shape index (κ3) is 4.44. The van der Waals surface area contributed by atoms with Crippen LogP contribution in [-0.2, 0) is 6.42 Å². The standard InChI is InChI=1S/C22H22N4O3S/c1-13-18(14(2)26-25-13)11-15-3-6-17(7-4-15)23-22(30)24-21(27)16-5-8-19-20(12-16)29-10-9-28-19/h3-8,12H,9-11H2,1-2H3,(H,25,26)(H2,23,24,27,30). The number of nitrogens with one attached hydrogen (secondary N) is 3. The van der Waals surface area contributed by atoms with Gasteiger partial charge in [0, 0.05) is 28.9 Å². The fraction of sp³-hybridized carbons (Fsp3) is 0.227. The van der Waals surface area contributed by atoms with Gasteiger partial charge in [-0.05, 0) is 62.0 Å². The number of H-pyrrole nitrogens is 1. The second-order valence-corrected chi connectivity index (χ2v) is 7.46. The second kappa shape index (κ2) is 8.54. The molecule has 0 unspecified atom stereocenters. The number of carbonyl (C=O) groups is 1. The average Bonchev–Trinajstić information content (AvgIpc) is 3.06. The van der Waals surface area contributed by atoms with Gasteiger partial charge < -0.3 is 14.8 Å². The highest BCUT2D eigenvalue weighted by Crippen LogP contribution is 2.30. The van der Waals surface area contributed by atoms with Gasteiger partial charge in [0.25, 0.3) is 5.91 Å². The van der Waals surface area contributed by atoms with Crippen molar-refractivity contribution in [3.63, 3.8) is 0 Å². The number of ether oxygens (including phenoxy) is 2. The lowest BCUT2D eigenvalue weighted by molar-refractivity contribution is 0.0976. The Hall–Kier alpha value is -3.39. The van der Waals surface area contributed by atoms with E-state index in [1.54, 1.807) is 18.2 Å². The number of aryl methyl sites for hydroxylation is 2. The minimum absolute atomic E-state index is 0.226. The lowest BCUT2D eigenvalue weighted by Gasteiger charge is -2.18. The minimum atomic E-state index is -0.313. The first-order valence-corrected chi connectivity index (χ1v) is 10.0. The lowest BCUT2D eigenvalue weighted by atomic mass is 10.0. The Kier molecular flexibility index (Phi) is 5.67. The smallest absolute Gasteiger partial charge is 0.257 e. The summed E-state index contributed by atoms with van der Waals surface area (Å²) in [6.07, 6.45) is 0.805. The van der Waals surface area contributed by atoms with E-state index in [0.29, 0.717) is 30.3 Å². The lowest BCUT2D eigenvalue weighted by Crippen LogP contribution is -2.34. The van der Waals surface area contributed by atoms with E-state index >= 15 is 0 Å². The average molecular weight is 423 g/mol. The molecule has 4 rings (SSSR count). The van der Waals surface area contributed by atoms with Crippen molar-refractivity contribution in [1.29, 1.82) is 0 Å². The molecule has 0 saturated heterocycles. The second-order valence-electron chi connectivity index (χ2n) is 7.05. The van der Waals surface area contributed by atoms with Gasteiger partial charge in [-0.15, -0.1) is 0 Å². The number of rotatable bonds is 4. The van der Waals surface area contributed by atoms with Crippen molar-refractivity contribution in [3.05, 3.63) is 70.5 Å². The zero-order valence-electron chi connectivity index (χ0n) is 16.7. The van der Waals surface area contributed by atoms with Crippen LogP contribution in [0.5, 0.6) is 11.5 Å². The molecular formula is C22H22N4O3S. The summed E-state index contributed by atoms with van der Waals surface area (Å²) in [5.74, 6) is 0.887. The summed E-state index contributed by atoms with van der Waals surface area (Å²) < 4.78 is 11.0. The number of fused-ring (bicyclic) bond motifs is 1. The number of benzene rings is 2. The van der Waals surface area contributed by atoms with Crippen molar-refractivity contribution in [2.45, 2.75) is 20.3 Å². The van der Waals surface area contributed by atoms with Crippen LogP contribution in [0.3, 0.4) is 0 Å². The number of aromatic amines is 1. The maximum absolute atomic E-state index is 12.5. The van der Waals surface area contributed by atoms with Gasteiger partial charge in [-0.3, -0.25) is 15.2 Å². The van der Waals surface area contributed by atoms with Crippen molar-refractivity contribution < 1.29 is 14.3 Å². The third-order valence-corrected chi connectivity index (χ3v) is 5.11. The Bertz CT molecular complexity index is 1070. The molecule has 2 heterocycles. The van der Waals surface area contributed by atoms with E-state index in [1.807, 2.05) is 38.1 Å². The van der Waals surface area contributed by atoms with Crippen molar-refractivity contribution in [2.24, 2.45) is 0 Å². The maximum atomic E-state index is 12.5. The fourth-order valence-electron chi connectivity index (χ4n) is 3.27. The summed E-state index contributed by atoms with van der Waals surface area (Å²) in [6.45, 7) is 4.99. The SMILES string of the molecule is Cc1n[nH]c(C)c1Cc1ccc(NC(=S)NC(=O)c2ccc3c(c2)OCCO3)cc1. The summed E-state index contributed by atoms with van der Waals surface area (Å²) in [4.78, 5) is 12.5. The van der Waals surface area contributed by atoms with Crippen molar-refractivity contribution in [2.75, 3.05) is 18.5 Å². The zero-order valence-corrected chi connectivity index (χ0v) is 17.6. The molecule has 0 saturated carbocycles. The van der Waals surface area contributed by atoms with E-state index in [4.69, 9.17) is 21.7 Å². The third-order valence-electron chi connectivity index (χ3n) is 4.90. The molecule has 1 aliphatic heterocycles. The van der Waals surface area contributed by atoms with Gasteiger partial charge in [-0.2, -0.15) is 5.10 Å². The predicted octanol–water partition coefficient (Wildman–Crippen LogP) is 3.52. The van der Waals surface area contributed by atoms with Crippen molar-refractivity contribution in [1.82, 2.24) is 15.5 Å². The van der Waals surface area contributed by atoms with Crippen molar-refractivity contribution >= 4 is 28.9 Å². The van der Waals surface area contributed by atoms with Crippen molar-refractivity contribution in [3.8, 4) is 11.5 Å². The fourth-order valence-corrected chi connectivity index (χ4v) is 3.48. The molecule has 30 heavy (non-hydrogen) atoms. The van der Waals surface area contributed by atoms with Crippen LogP contribution in [0.4, 0.5) is 5.69 Å². The summed E-state index contributed by atoms with van der Waals surface area (Å²) in [6, 6.07) is 13.0. The molecule has 0 aliphatic carbocycles. The maximum Gasteiger partial charge on any atom is 0.257 e. The first-order chi connectivity index (χ1) is 14.5. The van der Waals surface area contributed by atoms with Gasteiger partial charge >= 0.3 is 0 Å². The number of hydrogen-bond acceptors (Lipinski definition) is 5. The monoisotopic (exact) mass is 422 g/mol. The van der Waals surface area contributed by atoms with Crippen LogP contribution in [-0.4, -0.2) is 34.4 Å².